The van der Waals surface area contributed by atoms with Crippen LogP contribution in [0.25, 0.3) is 76.1 Å². The van der Waals surface area contributed by atoms with Gasteiger partial charge in [-0.3, -0.25) is 18.8 Å². The standard InChI is InChI=1S/C45H32N2O3/c48-43-23-12-8-21(9-13-23)28-16-30-31-18-35-39(27-6-3-5-26-25-4-1-2-7-36(25)47(41(26)27)45(35)50)40-34-17-29-22-10-14-24(15-11-22)44(49)33(29)20-38(34)46(42(31)40)37(30)19-32(28)43/h1-7,16-24H,8-15H2. The minimum Gasteiger partial charge on any atom is -0.308 e. The molecule has 15 rings (SSSR count). The number of para-hydroxylation sites is 2. The second kappa shape index (κ2) is 8.70. The Labute approximate surface area is 285 Å². The third-order valence-corrected chi connectivity index (χ3v) is 13.9. The SMILES string of the molecule is O=C1c2cc3c(cc2C2CCC1CC2)c1cc2c(=O)n4c5ccccc5c5cccc(c2c2c6cc7c(cc6n3c12)C(=O)C1CCC7CC1)c54. The van der Waals surface area contributed by atoms with Gasteiger partial charge in [-0.15, -0.1) is 0 Å². The quantitative estimate of drug-likeness (QED) is 0.154. The van der Waals surface area contributed by atoms with E-state index in [1.165, 1.54) is 11.1 Å². The molecule has 2 fully saturated rings. The van der Waals surface area contributed by atoms with Gasteiger partial charge in [0.1, 0.15) is 0 Å². The number of benzene rings is 5. The van der Waals surface area contributed by atoms with Crippen molar-refractivity contribution in [1.29, 1.82) is 0 Å². The topological polar surface area (TPSA) is 60.0 Å². The van der Waals surface area contributed by atoms with Crippen LogP contribution < -0.4 is 5.56 Å². The van der Waals surface area contributed by atoms with Crippen molar-refractivity contribution in [3.8, 4) is 0 Å². The molecule has 0 saturated heterocycles. The first-order valence-corrected chi connectivity index (χ1v) is 18.6. The highest BCUT2D eigenvalue weighted by molar-refractivity contribution is 6.37. The van der Waals surface area contributed by atoms with Crippen molar-refractivity contribution in [1.82, 2.24) is 8.80 Å². The molecule has 4 bridgehead atoms. The molecule has 0 amide bonds. The summed E-state index contributed by atoms with van der Waals surface area (Å²) >= 11 is 0. The number of carbonyl (C=O) groups excluding carboxylic acids is 2. The molecule has 5 aromatic carbocycles. The summed E-state index contributed by atoms with van der Waals surface area (Å²) < 4.78 is 4.29. The lowest BCUT2D eigenvalue weighted by molar-refractivity contribution is 0.0891. The molecule has 4 heterocycles. The van der Waals surface area contributed by atoms with E-state index in [2.05, 4.69) is 65.1 Å². The van der Waals surface area contributed by atoms with E-state index in [-0.39, 0.29) is 17.4 Å². The Balaban J connectivity index is 1.30. The Kier molecular flexibility index (Phi) is 4.62. The fourth-order valence-electron chi connectivity index (χ4n) is 11.6. The van der Waals surface area contributed by atoms with E-state index in [0.717, 1.165) is 139 Å². The van der Waals surface area contributed by atoms with Gasteiger partial charge in [0.2, 0.25) is 0 Å². The lowest BCUT2D eigenvalue weighted by atomic mass is 9.82. The first-order valence-electron chi connectivity index (χ1n) is 18.6. The predicted octanol–water partition coefficient (Wildman–Crippen LogP) is 10.3. The van der Waals surface area contributed by atoms with Gasteiger partial charge in [-0.2, -0.15) is 0 Å². The highest BCUT2D eigenvalue weighted by Gasteiger charge is 2.38. The first kappa shape index (κ1) is 26.6. The van der Waals surface area contributed by atoms with Crippen molar-refractivity contribution < 1.29 is 9.59 Å². The molecule has 9 aromatic rings. The average molecular weight is 649 g/mol. The molecule has 2 saturated carbocycles. The fourth-order valence-corrected chi connectivity index (χ4v) is 11.6. The largest absolute Gasteiger partial charge is 0.308 e. The second-order valence-corrected chi connectivity index (χ2v) is 16.0. The maximum absolute atomic E-state index is 15.0. The van der Waals surface area contributed by atoms with Crippen LogP contribution in [0.2, 0.25) is 0 Å². The number of hydrogen-bond donors (Lipinski definition) is 0. The van der Waals surface area contributed by atoms with Gasteiger partial charge in [0.25, 0.3) is 5.56 Å². The molecule has 5 heteroatoms. The van der Waals surface area contributed by atoms with Crippen LogP contribution in [0.1, 0.15) is 95.0 Å². The molecule has 240 valence electrons. The van der Waals surface area contributed by atoms with Crippen LogP contribution >= 0.6 is 0 Å². The molecule has 0 spiro atoms. The molecule has 50 heavy (non-hydrogen) atoms. The summed E-state index contributed by atoms with van der Waals surface area (Å²) in [5.74, 6) is 1.55. The van der Waals surface area contributed by atoms with E-state index in [9.17, 15) is 14.4 Å². The van der Waals surface area contributed by atoms with Crippen LogP contribution in [0.3, 0.4) is 0 Å². The average Bonchev–Trinajstić information content (AvgIpc) is 3.67. The van der Waals surface area contributed by atoms with Crippen LogP contribution in [0.15, 0.2) is 77.6 Å². The Bertz CT molecular complexity index is 3130. The molecular weight excluding hydrogens is 617 g/mol. The highest BCUT2D eigenvalue weighted by Crippen LogP contribution is 2.51. The summed E-state index contributed by atoms with van der Waals surface area (Å²) in [6.45, 7) is 0. The maximum atomic E-state index is 15.0. The van der Waals surface area contributed by atoms with E-state index >= 15 is 0 Å². The van der Waals surface area contributed by atoms with Gasteiger partial charge in [0, 0.05) is 71.4 Å². The third kappa shape index (κ3) is 2.91. The molecule has 0 unspecified atom stereocenters. The molecule has 0 aliphatic heterocycles. The van der Waals surface area contributed by atoms with Gasteiger partial charge in [0.15, 0.2) is 11.6 Å². The van der Waals surface area contributed by atoms with E-state index in [0.29, 0.717) is 23.4 Å². The summed E-state index contributed by atoms with van der Waals surface area (Å²) in [5.41, 5.74) is 9.16. The van der Waals surface area contributed by atoms with E-state index in [4.69, 9.17) is 0 Å². The number of carbonyl (C=O) groups is 2. The Hall–Kier alpha value is -5.29. The van der Waals surface area contributed by atoms with Crippen molar-refractivity contribution in [3.05, 3.63) is 105 Å². The number of pyridine rings is 1. The third-order valence-electron chi connectivity index (χ3n) is 13.9. The number of Topliss-reactive ketones (excluding diaryl/α,β-unsaturated/α-hetero) is 2. The number of hydrogen-bond acceptors (Lipinski definition) is 3. The lowest BCUT2D eigenvalue weighted by Gasteiger charge is -2.22. The number of aromatic nitrogens is 2. The molecular formula is C45H32N2O3. The zero-order valence-corrected chi connectivity index (χ0v) is 27.5. The molecule has 6 aliphatic carbocycles. The van der Waals surface area contributed by atoms with E-state index in [1.807, 2.05) is 16.5 Å². The molecule has 5 nitrogen and oxygen atoms in total. The maximum Gasteiger partial charge on any atom is 0.263 e. The number of rotatable bonds is 0. The summed E-state index contributed by atoms with van der Waals surface area (Å²) in [7, 11) is 0. The lowest BCUT2D eigenvalue weighted by Crippen LogP contribution is -2.15. The van der Waals surface area contributed by atoms with Gasteiger partial charge in [-0.1, -0.05) is 36.4 Å². The van der Waals surface area contributed by atoms with Gasteiger partial charge in [-0.05, 0) is 111 Å². The van der Waals surface area contributed by atoms with Crippen LogP contribution in [0.5, 0.6) is 0 Å². The Morgan fingerprint density at radius 1 is 0.420 bits per heavy atom. The summed E-state index contributed by atoms with van der Waals surface area (Å²) in [4.78, 5) is 43.1. The second-order valence-electron chi connectivity index (χ2n) is 16.0. The Morgan fingerprint density at radius 3 is 1.70 bits per heavy atom. The van der Waals surface area contributed by atoms with Crippen LogP contribution in [0.4, 0.5) is 0 Å². The fraction of sp³-hybridized carbons (Fsp3) is 0.267. The van der Waals surface area contributed by atoms with Crippen molar-refractivity contribution in [3.63, 3.8) is 0 Å². The minimum atomic E-state index is 0.00421. The molecule has 6 aliphatic rings. The first-order chi connectivity index (χ1) is 24.5. The minimum absolute atomic E-state index is 0.00421. The van der Waals surface area contributed by atoms with Gasteiger partial charge >= 0.3 is 0 Å². The van der Waals surface area contributed by atoms with Crippen LogP contribution in [-0.2, 0) is 0 Å². The Morgan fingerprint density at radius 2 is 1.00 bits per heavy atom. The predicted molar refractivity (Wildman–Crippen MR) is 200 cm³/mol. The van der Waals surface area contributed by atoms with Crippen molar-refractivity contribution in [2.24, 2.45) is 11.8 Å². The van der Waals surface area contributed by atoms with E-state index < -0.39 is 0 Å². The van der Waals surface area contributed by atoms with Gasteiger partial charge < -0.3 is 4.40 Å². The number of ketones is 2. The van der Waals surface area contributed by atoms with Crippen LogP contribution in [0, 0.1) is 11.8 Å². The van der Waals surface area contributed by atoms with Crippen molar-refractivity contribution in [2.45, 2.75) is 63.2 Å². The normalized spacial score (nSPS) is 23.5. The van der Waals surface area contributed by atoms with Gasteiger partial charge in [-0.25, -0.2) is 0 Å². The zero-order valence-electron chi connectivity index (χ0n) is 27.5. The zero-order chi connectivity index (χ0) is 32.7. The number of nitrogens with zero attached hydrogens (tertiary/aromatic N) is 2. The van der Waals surface area contributed by atoms with Crippen LogP contribution in [-0.4, -0.2) is 20.4 Å². The van der Waals surface area contributed by atoms with E-state index in [1.54, 1.807) is 0 Å². The number of fused-ring (bicyclic) bond motifs is 16. The van der Waals surface area contributed by atoms with Gasteiger partial charge in [0.05, 0.1) is 27.6 Å². The molecule has 0 atom stereocenters. The highest BCUT2D eigenvalue weighted by atomic mass is 16.1. The summed E-state index contributed by atoms with van der Waals surface area (Å²) in [5, 5.41) is 9.32. The molecule has 0 radical (unpaired) electrons. The van der Waals surface area contributed by atoms with Crippen molar-refractivity contribution in [2.75, 3.05) is 0 Å². The monoisotopic (exact) mass is 648 g/mol. The molecule has 0 N–H and O–H groups in total. The summed E-state index contributed by atoms with van der Waals surface area (Å²) in [6, 6.07) is 25.8. The smallest absolute Gasteiger partial charge is 0.263 e. The van der Waals surface area contributed by atoms with Crippen molar-refractivity contribution >= 4 is 87.6 Å². The molecule has 4 aromatic heterocycles. The summed E-state index contributed by atoms with van der Waals surface area (Å²) in [6.07, 6.45) is 8.06.